The number of aromatic amines is 1. The van der Waals surface area contributed by atoms with Crippen LogP contribution in [0.25, 0.3) is 11.0 Å². The summed E-state index contributed by atoms with van der Waals surface area (Å²) in [4.78, 5) is 13.8. The van der Waals surface area contributed by atoms with E-state index >= 15 is 0 Å². The highest BCUT2D eigenvalue weighted by molar-refractivity contribution is 7.98. The Morgan fingerprint density at radius 2 is 2.24 bits per heavy atom. The van der Waals surface area contributed by atoms with Crippen molar-refractivity contribution in [3.63, 3.8) is 0 Å². The fraction of sp³-hybridized carbons (Fsp3) is 0.647. The van der Waals surface area contributed by atoms with Crippen molar-refractivity contribution in [3.05, 3.63) is 18.1 Å². The topological polar surface area (TPSA) is 89.3 Å². The number of hydrogen-bond acceptors (Lipinski definition) is 7. The smallest absolute Gasteiger partial charge is 0.163 e. The zero-order valence-corrected chi connectivity index (χ0v) is 16.1. The molecule has 2 aromatic rings. The van der Waals surface area contributed by atoms with E-state index in [0.29, 0.717) is 18.3 Å². The van der Waals surface area contributed by atoms with Gasteiger partial charge in [0.1, 0.15) is 11.8 Å². The Balaban J connectivity index is 1.66. The van der Waals surface area contributed by atoms with Crippen molar-refractivity contribution in [3.8, 4) is 0 Å². The lowest BCUT2D eigenvalue weighted by Gasteiger charge is -2.42. The Hall–Kier alpha value is -1.35. The number of H-pyrrole nitrogens is 1. The van der Waals surface area contributed by atoms with Crippen LogP contribution in [0, 0.1) is 5.92 Å². The summed E-state index contributed by atoms with van der Waals surface area (Å²) >= 11 is 1.81. The van der Waals surface area contributed by atoms with Crippen molar-refractivity contribution >= 4 is 28.6 Å². The molecule has 2 atom stereocenters. The summed E-state index contributed by atoms with van der Waals surface area (Å²) in [6.07, 6.45) is 5.78. The van der Waals surface area contributed by atoms with Crippen LogP contribution in [-0.2, 0) is 16.0 Å². The molecule has 0 spiro atoms. The minimum Gasteiger partial charge on any atom is -0.382 e. The minimum absolute atomic E-state index is 0.196. The molecule has 3 heterocycles. The number of fused-ring (bicyclic) bond motifs is 1. The van der Waals surface area contributed by atoms with Gasteiger partial charge in [0, 0.05) is 36.5 Å². The summed E-state index contributed by atoms with van der Waals surface area (Å²) in [6, 6.07) is 0. The summed E-state index contributed by atoms with van der Waals surface area (Å²) in [6.45, 7) is 6.36. The van der Waals surface area contributed by atoms with Gasteiger partial charge in [0.2, 0.25) is 0 Å². The highest BCUT2D eigenvalue weighted by atomic mass is 32.2. The number of aromatic nitrogens is 3. The second-order valence-corrected chi connectivity index (χ2v) is 7.99. The summed E-state index contributed by atoms with van der Waals surface area (Å²) in [7, 11) is 2.11. The molecule has 25 heavy (non-hydrogen) atoms. The molecule has 1 unspecified atom stereocenters. The summed E-state index contributed by atoms with van der Waals surface area (Å²) < 4.78 is 12.0. The van der Waals surface area contributed by atoms with Crippen LogP contribution >= 0.6 is 11.8 Å². The number of thioether (sulfide) groups is 1. The highest BCUT2D eigenvalue weighted by Crippen LogP contribution is 2.29. The number of nitrogens with one attached hydrogen (secondary N) is 1. The Labute approximate surface area is 152 Å². The van der Waals surface area contributed by atoms with Crippen LogP contribution in [-0.4, -0.2) is 64.0 Å². The number of ether oxygens (including phenoxy) is 2. The molecule has 0 radical (unpaired) electrons. The number of hydrogen-bond donors (Lipinski definition) is 2. The van der Waals surface area contributed by atoms with Crippen molar-refractivity contribution in [2.75, 3.05) is 37.9 Å². The molecule has 0 amide bonds. The van der Waals surface area contributed by atoms with E-state index in [9.17, 15) is 0 Å². The highest BCUT2D eigenvalue weighted by Gasteiger charge is 2.36. The summed E-state index contributed by atoms with van der Waals surface area (Å²) in [5.41, 5.74) is 8.70. The first-order valence-electron chi connectivity index (χ1n) is 8.45. The van der Waals surface area contributed by atoms with Gasteiger partial charge in [-0.1, -0.05) is 0 Å². The molecule has 0 aliphatic carbocycles. The van der Waals surface area contributed by atoms with Crippen LogP contribution in [0.15, 0.2) is 12.5 Å². The molecule has 1 aliphatic heterocycles. The quantitative estimate of drug-likeness (QED) is 0.810. The van der Waals surface area contributed by atoms with Crippen LogP contribution in [0.1, 0.15) is 19.4 Å². The molecular formula is C17H27N5O2S. The Morgan fingerprint density at radius 3 is 3.00 bits per heavy atom. The molecule has 1 aliphatic rings. The van der Waals surface area contributed by atoms with Gasteiger partial charge in [-0.25, -0.2) is 9.97 Å². The van der Waals surface area contributed by atoms with E-state index in [0.717, 1.165) is 35.4 Å². The summed E-state index contributed by atoms with van der Waals surface area (Å²) in [5.74, 6) is 1.30. The van der Waals surface area contributed by atoms with Crippen LogP contribution in [0.3, 0.4) is 0 Å². The van der Waals surface area contributed by atoms with Gasteiger partial charge in [0.25, 0.3) is 0 Å². The second-order valence-electron chi connectivity index (χ2n) is 7.08. The van der Waals surface area contributed by atoms with Gasteiger partial charge in [-0.05, 0) is 27.2 Å². The molecule has 7 nitrogen and oxygen atoms in total. The molecule has 1 saturated heterocycles. The normalized spacial score (nSPS) is 23.4. The minimum atomic E-state index is -0.499. The maximum absolute atomic E-state index is 6.14. The largest absolute Gasteiger partial charge is 0.382 e. The fourth-order valence-electron chi connectivity index (χ4n) is 3.30. The van der Waals surface area contributed by atoms with E-state index in [-0.39, 0.29) is 6.10 Å². The first-order chi connectivity index (χ1) is 11.9. The van der Waals surface area contributed by atoms with Gasteiger partial charge >= 0.3 is 0 Å². The monoisotopic (exact) mass is 365 g/mol. The maximum atomic E-state index is 6.14. The molecule has 138 valence electrons. The van der Waals surface area contributed by atoms with E-state index in [4.69, 9.17) is 15.2 Å². The van der Waals surface area contributed by atoms with Gasteiger partial charge in [-0.15, -0.1) is 0 Å². The van der Waals surface area contributed by atoms with Crippen LogP contribution < -0.4 is 5.73 Å². The molecule has 0 bridgehead atoms. The molecule has 0 aromatic carbocycles. The zero-order valence-electron chi connectivity index (χ0n) is 15.3. The van der Waals surface area contributed by atoms with Gasteiger partial charge < -0.3 is 25.1 Å². The standard InChI is InChI=1S/C17H27N5O2S/c1-17(2)23-8-12(13(24-17)9-25-4)7-22(3)6-11-5-19-15-14(11)20-10-21-16(15)18/h5,10,12-13,19H,6-9H2,1-4H3,(H2,18,20,21)/t12?,13-/m0/s1. The van der Waals surface area contributed by atoms with Crippen LogP contribution in [0.5, 0.6) is 0 Å². The van der Waals surface area contributed by atoms with Gasteiger partial charge in [-0.3, -0.25) is 0 Å². The van der Waals surface area contributed by atoms with E-state index < -0.39 is 5.79 Å². The second kappa shape index (κ2) is 7.49. The fourth-order valence-corrected chi connectivity index (χ4v) is 3.97. The number of nitrogen functional groups attached to an aromatic ring is 1. The van der Waals surface area contributed by atoms with Crippen molar-refractivity contribution in [1.82, 2.24) is 19.9 Å². The Bertz CT molecular complexity index is 720. The average Bonchev–Trinajstić information content (AvgIpc) is 2.94. The van der Waals surface area contributed by atoms with Crippen molar-refractivity contribution in [2.45, 2.75) is 32.3 Å². The average molecular weight is 366 g/mol. The first kappa shape index (κ1) is 18.4. The Kier molecular flexibility index (Phi) is 5.52. The number of nitrogens with two attached hydrogens (primary N) is 1. The molecule has 3 rings (SSSR count). The molecule has 0 saturated carbocycles. The number of anilines is 1. The third-order valence-electron chi connectivity index (χ3n) is 4.49. The third-order valence-corrected chi connectivity index (χ3v) is 5.16. The van der Waals surface area contributed by atoms with Crippen molar-refractivity contribution in [1.29, 1.82) is 0 Å². The summed E-state index contributed by atoms with van der Waals surface area (Å²) in [5, 5.41) is 0. The van der Waals surface area contributed by atoms with Crippen molar-refractivity contribution < 1.29 is 9.47 Å². The molecule has 3 N–H and O–H groups in total. The lowest BCUT2D eigenvalue weighted by molar-refractivity contribution is -0.288. The van der Waals surface area contributed by atoms with Crippen LogP contribution in [0.4, 0.5) is 5.82 Å². The van der Waals surface area contributed by atoms with E-state index in [1.807, 2.05) is 31.8 Å². The molecule has 1 fully saturated rings. The number of nitrogens with zero attached hydrogens (tertiary/aromatic N) is 3. The van der Waals surface area contributed by atoms with E-state index in [2.05, 4.69) is 33.2 Å². The van der Waals surface area contributed by atoms with Gasteiger partial charge in [-0.2, -0.15) is 11.8 Å². The molecule has 2 aromatic heterocycles. The predicted molar refractivity (Wildman–Crippen MR) is 101 cm³/mol. The van der Waals surface area contributed by atoms with Crippen molar-refractivity contribution in [2.24, 2.45) is 5.92 Å². The molecule has 8 heteroatoms. The first-order valence-corrected chi connectivity index (χ1v) is 9.84. The van der Waals surface area contributed by atoms with Gasteiger partial charge in [0.15, 0.2) is 11.6 Å². The Morgan fingerprint density at radius 1 is 1.44 bits per heavy atom. The van der Waals surface area contributed by atoms with E-state index in [1.165, 1.54) is 6.33 Å². The zero-order chi connectivity index (χ0) is 18.0. The van der Waals surface area contributed by atoms with E-state index in [1.54, 1.807) is 0 Å². The lowest BCUT2D eigenvalue weighted by atomic mass is 10.0. The SMILES string of the molecule is CSC[C@@H]1OC(C)(C)OCC1CN(C)Cc1c[nH]c2c(N)ncnc12. The maximum Gasteiger partial charge on any atom is 0.163 e. The third kappa shape index (κ3) is 4.25. The molecular weight excluding hydrogens is 338 g/mol. The van der Waals surface area contributed by atoms with Crippen LogP contribution in [0.2, 0.25) is 0 Å². The number of rotatable bonds is 6. The van der Waals surface area contributed by atoms with Gasteiger partial charge in [0.05, 0.1) is 18.2 Å². The predicted octanol–water partition coefficient (Wildman–Crippen LogP) is 2.10. The lowest BCUT2D eigenvalue weighted by Crippen LogP contribution is -2.49.